The van der Waals surface area contributed by atoms with Gasteiger partial charge in [-0.05, 0) is 6.42 Å². The molecule has 0 aliphatic carbocycles. The van der Waals surface area contributed by atoms with Gasteiger partial charge in [-0.25, -0.2) is 0 Å². The Kier molecular flexibility index (Phi) is 18.9. The predicted octanol–water partition coefficient (Wildman–Crippen LogP) is -0.542. The van der Waals surface area contributed by atoms with Crippen molar-refractivity contribution in [2.75, 3.05) is 13.1 Å². The lowest BCUT2D eigenvalue weighted by Gasteiger charge is -1.78. The van der Waals surface area contributed by atoms with Crippen LogP contribution in [0.1, 0.15) is 19.3 Å². The van der Waals surface area contributed by atoms with Crippen LogP contribution in [0.5, 0.6) is 0 Å². The van der Waals surface area contributed by atoms with Gasteiger partial charge in [-0.15, -0.1) is 0 Å². The molecule has 0 aromatic heterocycles. The molecule has 0 heterocycles. The van der Waals surface area contributed by atoms with Gasteiger partial charge >= 0.3 is 0 Å². The minimum Gasteiger partial charge on any atom is -0.329 e. The van der Waals surface area contributed by atoms with Gasteiger partial charge in [0.2, 0.25) is 0 Å². The van der Waals surface area contributed by atoms with Gasteiger partial charge in [0, 0.05) is 25.9 Å². The van der Waals surface area contributed by atoms with Gasteiger partial charge in [0.05, 0.1) is 0 Å². The van der Waals surface area contributed by atoms with Crippen LogP contribution in [0.2, 0.25) is 0 Å². The minimum absolute atomic E-state index is 0.513. The summed E-state index contributed by atoms with van der Waals surface area (Å²) >= 11 is 0. The van der Waals surface area contributed by atoms with Crippen molar-refractivity contribution in [1.29, 1.82) is 0 Å². The molecule has 0 saturated carbocycles. The summed E-state index contributed by atoms with van der Waals surface area (Å²) in [7, 11) is 0. The normalized spacial score (nSPS) is 7.82. The van der Waals surface area contributed by atoms with E-state index in [-0.39, 0.29) is 0 Å². The molecule has 0 radical (unpaired) electrons. The maximum Gasteiger partial charge on any atom is 0.120 e. The lowest BCUT2D eigenvalue weighted by molar-refractivity contribution is -0.108. The number of hydrogen-bond acceptors (Lipinski definition) is 4. The lowest BCUT2D eigenvalue weighted by Crippen LogP contribution is -2.11. The molecule has 4 N–H and O–H groups in total. The van der Waals surface area contributed by atoms with E-state index in [2.05, 4.69) is 0 Å². The van der Waals surface area contributed by atoms with Gasteiger partial charge in [0.25, 0.3) is 0 Å². The topological polar surface area (TPSA) is 86.2 Å². The smallest absolute Gasteiger partial charge is 0.120 e. The number of unbranched alkanes of at least 4 members (excludes halogenated alkanes) is 2. The Morgan fingerprint density at radius 1 is 0.909 bits per heavy atom. The van der Waals surface area contributed by atoms with E-state index in [4.69, 9.17) is 11.5 Å². The first kappa shape index (κ1) is 12.9. The third-order valence-corrected chi connectivity index (χ3v) is 0.811. The van der Waals surface area contributed by atoms with Crippen LogP contribution in [0, 0.1) is 0 Å². The summed E-state index contributed by atoms with van der Waals surface area (Å²) in [6.45, 7) is 1.19. The highest BCUT2D eigenvalue weighted by Gasteiger charge is 1.80. The van der Waals surface area contributed by atoms with Crippen LogP contribution in [0.25, 0.3) is 0 Å². The molecular formula is C7H16N2O2. The average Bonchev–Trinajstić information content (AvgIpc) is 2.06. The molecule has 66 valence electrons. The summed E-state index contributed by atoms with van der Waals surface area (Å²) in [5, 5.41) is 0. The van der Waals surface area contributed by atoms with Gasteiger partial charge in [0.1, 0.15) is 12.6 Å². The summed E-state index contributed by atoms with van der Waals surface area (Å²) < 4.78 is 0. The molecule has 0 amide bonds. The van der Waals surface area contributed by atoms with E-state index >= 15 is 0 Å². The van der Waals surface area contributed by atoms with E-state index in [0.29, 0.717) is 32.4 Å². The maximum absolute atomic E-state index is 9.56. The molecule has 0 rings (SSSR count). The van der Waals surface area contributed by atoms with Crippen molar-refractivity contribution in [3.05, 3.63) is 0 Å². The Morgan fingerprint density at radius 2 is 1.27 bits per heavy atom. The molecule has 0 aromatic rings. The summed E-state index contributed by atoms with van der Waals surface area (Å²) in [6.07, 6.45) is 3.37. The summed E-state index contributed by atoms with van der Waals surface area (Å²) in [6, 6.07) is 0. The molecule has 0 bridgehead atoms. The molecule has 0 aliphatic rings. The Hall–Kier alpha value is -0.740. The predicted molar refractivity (Wildman–Crippen MR) is 44.1 cm³/mol. The van der Waals surface area contributed by atoms with Crippen molar-refractivity contribution in [1.82, 2.24) is 0 Å². The van der Waals surface area contributed by atoms with Crippen LogP contribution in [-0.4, -0.2) is 25.7 Å². The molecule has 4 heteroatoms. The van der Waals surface area contributed by atoms with E-state index < -0.39 is 0 Å². The second kappa shape index (κ2) is 16.1. The Balaban J connectivity index is 0. The van der Waals surface area contributed by atoms with Crippen LogP contribution >= 0.6 is 0 Å². The van der Waals surface area contributed by atoms with E-state index in [1.54, 1.807) is 0 Å². The fourth-order valence-corrected chi connectivity index (χ4v) is 0.285. The molecular weight excluding hydrogens is 144 g/mol. The molecule has 0 fully saturated rings. The van der Waals surface area contributed by atoms with Gasteiger partial charge in [-0.3, -0.25) is 0 Å². The van der Waals surface area contributed by atoms with Gasteiger partial charge in [-0.2, -0.15) is 0 Å². The third-order valence-electron chi connectivity index (χ3n) is 0.811. The van der Waals surface area contributed by atoms with Crippen LogP contribution < -0.4 is 11.5 Å². The Labute approximate surface area is 66.9 Å². The fourth-order valence-electron chi connectivity index (χ4n) is 0.285. The van der Waals surface area contributed by atoms with E-state index in [1.165, 1.54) is 0 Å². The zero-order valence-electron chi connectivity index (χ0n) is 6.66. The van der Waals surface area contributed by atoms with Crippen molar-refractivity contribution in [2.45, 2.75) is 19.3 Å². The summed E-state index contributed by atoms with van der Waals surface area (Å²) in [4.78, 5) is 19.1. The quantitative estimate of drug-likeness (QED) is 0.417. The van der Waals surface area contributed by atoms with Crippen molar-refractivity contribution in [3.63, 3.8) is 0 Å². The monoisotopic (exact) mass is 160 g/mol. The number of aldehydes is 2. The van der Waals surface area contributed by atoms with Crippen LogP contribution in [0.3, 0.4) is 0 Å². The minimum atomic E-state index is 0.513. The second-order valence-corrected chi connectivity index (χ2v) is 1.84. The highest BCUT2D eigenvalue weighted by atomic mass is 16.1. The van der Waals surface area contributed by atoms with E-state index in [1.807, 2.05) is 0 Å². The molecule has 0 saturated heterocycles. The van der Waals surface area contributed by atoms with E-state index in [9.17, 15) is 9.59 Å². The van der Waals surface area contributed by atoms with Crippen molar-refractivity contribution >= 4 is 12.6 Å². The number of hydrogen-bond donors (Lipinski definition) is 2. The molecule has 0 atom stereocenters. The first-order valence-electron chi connectivity index (χ1n) is 3.60. The maximum atomic E-state index is 9.56. The first-order valence-corrected chi connectivity index (χ1v) is 3.60. The SMILES string of the molecule is NCCN.O=CCCCC=O. The molecule has 0 unspecified atom stereocenters. The van der Waals surface area contributed by atoms with Gasteiger partial charge < -0.3 is 21.1 Å². The highest BCUT2D eigenvalue weighted by Crippen LogP contribution is 1.85. The van der Waals surface area contributed by atoms with Gasteiger partial charge in [-0.1, -0.05) is 0 Å². The standard InChI is InChI=1S/C5H8O2.C2H8N2/c6-4-2-1-3-5-7;3-1-2-4/h4-5H,1-3H2;1-4H2. The number of carbonyl (C=O) groups is 2. The molecule has 0 aromatic carbocycles. The Bertz CT molecular complexity index is 76.5. The first-order chi connectivity index (χ1) is 5.33. The van der Waals surface area contributed by atoms with Crippen LogP contribution in [0.4, 0.5) is 0 Å². The van der Waals surface area contributed by atoms with E-state index in [0.717, 1.165) is 12.6 Å². The van der Waals surface area contributed by atoms with Gasteiger partial charge in [0.15, 0.2) is 0 Å². The Morgan fingerprint density at radius 3 is 1.45 bits per heavy atom. The average molecular weight is 160 g/mol. The number of rotatable bonds is 5. The largest absolute Gasteiger partial charge is 0.329 e. The van der Waals surface area contributed by atoms with Crippen molar-refractivity contribution < 1.29 is 9.59 Å². The molecule has 0 spiro atoms. The summed E-state index contributed by atoms with van der Waals surface area (Å²) in [5.74, 6) is 0. The zero-order valence-corrected chi connectivity index (χ0v) is 6.66. The zero-order chi connectivity index (χ0) is 8.95. The number of nitrogens with two attached hydrogens (primary N) is 2. The van der Waals surface area contributed by atoms with Crippen LogP contribution in [0.15, 0.2) is 0 Å². The van der Waals surface area contributed by atoms with Crippen LogP contribution in [-0.2, 0) is 9.59 Å². The third kappa shape index (κ3) is 26.9. The lowest BCUT2D eigenvalue weighted by atomic mass is 10.3. The fraction of sp³-hybridized carbons (Fsp3) is 0.714. The highest BCUT2D eigenvalue weighted by molar-refractivity contribution is 5.52. The van der Waals surface area contributed by atoms with Crippen molar-refractivity contribution in [3.8, 4) is 0 Å². The molecule has 4 nitrogen and oxygen atoms in total. The molecule has 0 aliphatic heterocycles. The second-order valence-electron chi connectivity index (χ2n) is 1.84. The number of carbonyl (C=O) groups excluding carboxylic acids is 2. The summed E-state index contributed by atoms with van der Waals surface area (Å²) in [5.41, 5.74) is 9.81. The molecule has 11 heavy (non-hydrogen) atoms. The van der Waals surface area contributed by atoms with Crippen molar-refractivity contribution in [2.24, 2.45) is 11.5 Å².